The minimum Gasteiger partial charge on any atom is -0.463 e. The van der Waals surface area contributed by atoms with Crippen molar-refractivity contribution in [3.8, 4) is 0 Å². The van der Waals surface area contributed by atoms with Crippen molar-refractivity contribution < 1.29 is 14.3 Å². The quantitative estimate of drug-likeness (QED) is 0.448. The molecule has 0 unspecified atom stereocenters. The highest BCUT2D eigenvalue weighted by Gasteiger charge is 2.07. The van der Waals surface area contributed by atoms with Gasteiger partial charge < -0.3 is 15.2 Å². The monoisotopic (exact) mass is 299 g/mol. The minimum absolute atomic E-state index is 0.241. The zero-order valence-electron chi connectivity index (χ0n) is 10.8. The van der Waals surface area contributed by atoms with Gasteiger partial charge in [-0.3, -0.25) is 4.79 Å². The third-order valence-corrected chi connectivity index (χ3v) is 3.49. The fourth-order valence-electron chi connectivity index (χ4n) is 1.41. The maximum absolute atomic E-state index is 11.4. The van der Waals surface area contributed by atoms with Gasteiger partial charge in [0.1, 0.15) is 11.6 Å². The summed E-state index contributed by atoms with van der Waals surface area (Å²) in [7, 11) is 1.56. The normalized spacial score (nSPS) is 10.2. The van der Waals surface area contributed by atoms with Crippen LogP contribution in [0.3, 0.4) is 0 Å². The molecule has 104 valence electrons. The van der Waals surface area contributed by atoms with Crippen molar-refractivity contribution in [1.82, 2.24) is 0 Å². The van der Waals surface area contributed by atoms with E-state index < -0.39 is 0 Å². The minimum atomic E-state index is -0.241. The fraction of sp³-hybridized carbons (Fsp3) is 0.385. The topological polar surface area (TPSA) is 61.5 Å². The number of thiocarbonyl (C=S) groups is 1. The van der Waals surface area contributed by atoms with Gasteiger partial charge in [-0.1, -0.05) is 36.5 Å². The first kappa shape index (κ1) is 15.9. The number of thioether (sulfide) groups is 1. The van der Waals surface area contributed by atoms with Crippen LogP contribution in [0.15, 0.2) is 24.3 Å². The van der Waals surface area contributed by atoms with Gasteiger partial charge in [-0.05, 0) is 5.56 Å². The van der Waals surface area contributed by atoms with E-state index in [4.69, 9.17) is 27.4 Å². The van der Waals surface area contributed by atoms with E-state index in [-0.39, 0.29) is 5.97 Å². The molecule has 4 nitrogen and oxygen atoms in total. The maximum atomic E-state index is 11.4. The van der Waals surface area contributed by atoms with Gasteiger partial charge >= 0.3 is 5.97 Å². The number of benzene rings is 1. The molecule has 0 bridgehead atoms. The van der Waals surface area contributed by atoms with Crippen LogP contribution in [0.1, 0.15) is 11.1 Å². The van der Waals surface area contributed by atoms with E-state index in [0.29, 0.717) is 29.7 Å². The van der Waals surface area contributed by atoms with Crippen molar-refractivity contribution in [3.05, 3.63) is 35.4 Å². The summed E-state index contributed by atoms with van der Waals surface area (Å²) < 4.78 is 9.76. The van der Waals surface area contributed by atoms with E-state index in [9.17, 15) is 4.79 Å². The Labute approximate surface area is 122 Å². The molecule has 0 radical (unpaired) electrons. The van der Waals surface area contributed by atoms with E-state index in [1.165, 1.54) is 11.8 Å². The number of ether oxygens (including phenoxy) is 2. The Morgan fingerprint density at radius 1 is 1.37 bits per heavy atom. The molecule has 0 aliphatic rings. The molecule has 2 N–H and O–H groups in total. The van der Waals surface area contributed by atoms with Crippen molar-refractivity contribution in [2.24, 2.45) is 5.73 Å². The number of rotatable bonds is 8. The van der Waals surface area contributed by atoms with Crippen LogP contribution in [-0.2, 0) is 20.0 Å². The summed E-state index contributed by atoms with van der Waals surface area (Å²) in [5.74, 6) is 0.734. The number of hydrogen-bond donors (Lipinski definition) is 1. The summed E-state index contributed by atoms with van der Waals surface area (Å²) in [6.45, 7) is 0.708. The summed E-state index contributed by atoms with van der Waals surface area (Å²) in [6, 6.07) is 7.66. The Hall–Kier alpha value is -1.11. The molecule has 0 saturated carbocycles. The zero-order valence-corrected chi connectivity index (χ0v) is 12.4. The lowest BCUT2D eigenvalue weighted by Crippen LogP contribution is -2.13. The number of esters is 1. The van der Waals surface area contributed by atoms with Crippen LogP contribution in [0.2, 0.25) is 0 Å². The van der Waals surface area contributed by atoms with Gasteiger partial charge in [-0.25, -0.2) is 0 Å². The molecule has 0 aromatic heterocycles. The van der Waals surface area contributed by atoms with Crippen LogP contribution < -0.4 is 5.73 Å². The van der Waals surface area contributed by atoms with E-state index in [1.807, 2.05) is 24.3 Å². The molecule has 6 heteroatoms. The van der Waals surface area contributed by atoms with Crippen LogP contribution in [0.4, 0.5) is 0 Å². The van der Waals surface area contributed by atoms with E-state index in [2.05, 4.69) is 0 Å². The third-order valence-electron chi connectivity index (χ3n) is 2.31. The van der Waals surface area contributed by atoms with Crippen molar-refractivity contribution in [2.45, 2.75) is 5.75 Å². The summed E-state index contributed by atoms with van der Waals surface area (Å²) in [5.41, 5.74) is 7.53. The first-order valence-corrected chi connectivity index (χ1v) is 7.31. The zero-order chi connectivity index (χ0) is 14.1. The van der Waals surface area contributed by atoms with Crippen LogP contribution in [0.25, 0.3) is 0 Å². The molecule has 1 aromatic carbocycles. The lowest BCUT2D eigenvalue weighted by atomic mass is 10.1. The SMILES string of the molecule is COCCOC(=O)CSCc1ccccc1C(N)=S. The molecule has 0 amide bonds. The Morgan fingerprint density at radius 2 is 2.11 bits per heavy atom. The predicted octanol–water partition coefficient (Wildman–Crippen LogP) is 1.74. The molecule has 0 aliphatic heterocycles. The second-order valence-electron chi connectivity index (χ2n) is 3.73. The van der Waals surface area contributed by atoms with Crippen molar-refractivity contribution in [3.63, 3.8) is 0 Å². The number of methoxy groups -OCH3 is 1. The van der Waals surface area contributed by atoms with Crippen LogP contribution in [0.5, 0.6) is 0 Å². The highest BCUT2D eigenvalue weighted by atomic mass is 32.2. The van der Waals surface area contributed by atoms with Gasteiger partial charge in [-0.2, -0.15) is 0 Å². The molecule has 0 fully saturated rings. The second kappa shape index (κ2) is 8.90. The average Bonchev–Trinajstić information content (AvgIpc) is 2.39. The summed E-state index contributed by atoms with van der Waals surface area (Å²) in [6.07, 6.45) is 0. The second-order valence-corrected chi connectivity index (χ2v) is 5.15. The van der Waals surface area contributed by atoms with Crippen LogP contribution in [-0.4, -0.2) is 37.0 Å². The van der Waals surface area contributed by atoms with Gasteiger partial charge in [0.05, 0.1) is 12.4 Å². The number of hydrogen-bond acceptors (Lipinski definition) is 5. The largest absolute Gasteiger partial charge is 0.463 e. The Balaban J connectivity index is 2.37. The van der Waals surface area contributed by atoms with Gasteiger partial charge in [0.2, 0.25) is 0 Å². The lowest BCUT2D eigenvalue weighted by molar-refractivity contribution is -0.141. The maximum Gasteiger partial charge on any atom is 0.315 e. The van der Waals surface area contributed by atoms with Crippen molar-refractivity contribution in [1.29, 1.82) is 0 Å². The molecule has 0 atom stereocenters. The van der Waals surface area contributed by atoms with Crippen LogP contribution in [0, 0.1) is 0 Å². The van der Waals surface area contributed by atoms with Crippen molar-refractivity contribution >= 4 is 34.9 Å². The summed E-state index contributed by atoms with van der Waals surface area (Å²) in [4.78, 5) is 11.8. The van der Waals surface area contributed by atoms with Gasteiger partial charge in [0.15, 0.2) is 0 Å². The van der Waals surface area contributed by atoms with E-state index >= 15 is 0 Å². The predicted molar refractivity (Wildman–Crippen MR) is 81.3 cm³/mol. The molecular formula is C13H17NO3S2. The molecule has 1 rings (SSSR count). The Morgan fingerprint density at radius 3 is 2.79 bits per heavy atom. The smallest absolute Gasteiger partial charge is 0.315 e. The molecule has 1 aromatic rings. The fourth-order valence-corrected chi connectivity index (χ4v) is 2.43. The first-order valence-electron chi connectivity index (χ1n) is 5.75. The molecule has 0 heterocycles. The standard InChI is InChI=1S/C13H17NO3S2/c1-16-6-7-17-12(15)9-19-8-10-4-2-3-5-11(10)13(14)18/h2-5H,6-9H2,1H3,(H2,14,18). The number of carbonyl (C=O) groups excluding carboxylic acids is 1. The molecule has 19 heavy (non-hydrogen) atoms. The highest BCUT2D eigenvalue weighted by Crippen LogP contribution is 2.16. The van der Waals surface area contributed by atoms with E-state index in [1.54, 1.807) is 7.11 Å². The Bertz CT molecular complexity index is 438. The number of nitrogens with two attached hydrogens (primary N) is 1. The number of carbonyl (C=O) groups is 1. The van der Waals surface area contributed by atoms with Crippen LogP contribution >= 0.6 is 24.0 Å². The molecule has 0 aliphatic carbocycles. The summed E-state index contributed by atoms with van der Waals surface area (Å²) in [5, 5.41) is 0. The lowest BCUT2D eigenvalue weighted by Gasteiger charge is -2.08. The van der Waals surface area contributed by atoms with E-state index in [0.717, 1.165) is 11.1 Å². The first-order chi connectivity index (χ1) is 9.15. The molecular weight excluding hydrogens is 282 g/mol. The van der Waals surface area contributed by atoms with Gasteiger partial charge in [-0.15, -0.1) is 11.8 Å². The van der Waals surface area contributed by atoms with Gasteiger partial charge in [0.25, 0.3) is 0 Å². The highest BCUT2D eigenvalue weighted by molar-refractivity contribution is 7.99. The molecule has 0 saturated heterocycles. The average molecular weight is 299 g/mol. The Kier molecular flexibility index (Phi) is 7.47. The summed E-state index contributed by atoms with van der Waals surface area (Å²) >= 11 is 6.46. The van der Waals surface area contributed by atoms with Crippen molar-refractivity contribution in [2.75, 3.05) is 26.1 Å². The van der Waals surface area contributed by atoms with Gasteiger partial charge in [0, 0.05) is 18.4 Å². The molecule has 0 spiro atoms. The third kappa shape index (κ3) is 6.04.